The molecule has 2 bridgehead atoms. The smallest absolute Gasteiger partial charge is 0.118 e. The SMILES string of the molecule is CN1C2CCC1CC(C(O)(c1ccccc1)c1ccccc1)C2. The zero-order valence-corrected chi connectivity index (χ0v) is 13.7. The summed E-state index contributed by atoms with van der Waals surface area (Å²) in [6, 6.07) is 21.7. The van der Waals surface area contributed by atoms with Crippen LogP contribution in [0.2, 0.25) is 0 Å². The van der Waals surface area contributed by atoms with E-state index in [1.807, 2.05) is 36.4 Å². The third-order valence-electron chi connectivity index (χ3n) is 6.12. The van der Waals surface area contributed by atoms with Gasteiger partial charge in [-0.15, -0.1) is 0 Å². The van der Waals surface area contributed by atoms with E-state index < -0.39 is 5.60 Å². The molecule has 2 aromatic rings. The van der Waals surface area contributed by atoms with Gasteiger partial charge in [-0.2, -0.15) is 0 Å². The van der Waals surface area contributed by atoms with Crippen molar-refractivity contribution in [3.8, 4) is 0 Å². The Morgan fingerprint density at radius 2 is 1.26 bits per heavy atom. The zero-order valence-electron chi connectivity index (χ0n) is 13.7. The lowest BCUT2D eigenvalue weighted by molar-refractivity contribution is -0.0287. The largest absolute Gasteiger partial charge is 0.380 e. The number of hydrogen-bond acceptors (Lipinski definition) is 2. The third kappa shape index (κ3) is 2.41. The monoisotopic (exact) mass is 307 g/mol. The van der Waals surface area contributed by atoms with E-state index in [9.17, 15) is 5.11 Å². The van der Waals surface area contributed by atoms with Crippen molar-refractivity contribution in [1.29, 1.82) is 0 Å². The third-order valence-corrected chi connectivity index (χ3v) is 6.12. The highest BCUT2D eigenvalue weighted by Gasteiger charge is 2.48. The lowest BCUT2D eigenvalue weighted by atomic mass is 9.70. The number of benzene rings is 2. The average Bonchev–Trinajstić information content (AvgIpc) is 2.83. The van der Waals surface area contributed by atoms with Crippen molar-refractivity contribution >= 4 is 0 Å². The molecular weight excluding hydrogens is 282 g/mol. The van der Waals surface area contributed by atoms with Gasteiger partial charge in [0.25, 0.3) is 0 Å². The van der Waals surface area contributed by atoms with Crippen molar-refractivity contribution in [3.05, 3.63) is 71.8 Å². The van der Waals surface area contributed by atoms with E-state index in [-0.39, 0.29) is 5.92 Å². The molecule has 0 aromatic heterocycles. The molecule has 0 aliphatic carbocycles. The van der Waals surface area contributed by atoms with E-state index in [0.29, 0.717) is 12.1 Å². The van der Waals surface area contributed by atoms with Gasteiger partial charge in [0.1, 0.15) is 5.60 Å². The van der Waals surface area contributed by atoms with Gasteiger partial charge in [0, 0.05) is 12.1 Å². The summed E-state index contributed by atoms with van der Waals surface area (Å²) >= 11 is 0. The zero-order chi connectivity index (χ0) is 15.9. The van der Waals surface area contributed by atoms with E-state index in [1.54, 1.807) is 0 Å². The van der Waals surface area contributed by atoms with E-state index in [4.69, 9.17) is 0 Å². The number of piperidine rings is 1. The van der Waals surface area contributed by atoms with Crippen LogP contribution in [0, 0.1) is 5.92 Å². The van der Waals surface area contributed by atoms with E-state index in [0.717, 1.165) is 24.0 Å². The second-order valence-corrected chi connectivity index (χ2v) is 7.22. The molecule has 1 N–H and O–H groups in total. The van der Waals surface area contributed by atoms with Gasteiger partial charge in [-0.3, -0.25) is 0 Å². The van der Waals surface area contributed by atoms with E-state index >= 15 is 0 Å². The van der Waals surface area contributed by atoms with Gasteiger partial charge in [-0.05, 0) is 49.8 Å². The van der Waals surface area contributed by atoms with Crippen LogP contribution >= 0.6 is 0 Å². The van der Waals surface area contributed by atoms with Crippen molar-refractivity contribution in [1.82, 2.24) is 4.90 Å². The molecule has 2 heteroatoms. The van der Waals surface area contributed by atoms with Gasteiger partial charge in [0.15, 0.2) is 0 Å². The minimum atomic E-state index is -0.884. The maximum Gasteiger partial charge on any atom is 0.118 e. The first-order valence-electron chi connectivity index (χ1n) is 8.75. The molecule has 2 unspecified atom stereocenters. The van der Waals surface area contributed by atoms with Gasteiger partial charge in [0.05, 0.1) is 0 Å². The summed E-state index contributed by atoms with van der Waals surface area (Å²) in [6.07, 6.45) is 4.70. The summed E-state index contributed by atoms with van der Waals surface area (Å²) < 4.78 is 0. The lowest BCUT2D eigenvalue weighted by Gasteiger charge is -2.45. The molecule has 2 atom stereocenters. The second kappa shape index (κ2) is 5.77. The minimum absolute atomic E-state index is 0.279. The van der Waals surface area contributed by atoms with Gasteiger partial charge in [0.2, 0.25) is 0 Å². The topological polar surface area (TPSA) is 23.5 Å². The number of hydrogen-bond donors (Lipinski definition) is 1. The molecule has 2 fully saturated rings. The quantitative estimate of drug-likeness (QED) is 0.932. The first kappa shape index (κ1) is 14.9. The molecule has 2 aliphatic rings. The van der Waals surface area contributed by atoms with E-state index in [1.165, 1.54) is 12.8 Å². The Kier molecular flexibility index (Phi) is 3.74. The Morgan fingerprint density at radius 1 is 0.826 bits per heavy atom. The van der Waals surface area contributed by atoms with Crippen LogP contribution in [0.3, 0.4) is 0 Å². The molecule has 120 valence electrons. The summed E-state index contributed by atoms with van der Waals surface area (Å²) in [5.41, 5.74) is 1.17. The van der Waals surface area contributed by atoms with Crippen molar-refractivity contribution in [3.63, 3.8) is 0 Å². The Labute approximate surface area is 138 Å². The van der Waals surface area contributed by atoms with Crippen molar-refractivity contribution in [2.45, 2.75) is 43.4 Å². The van der Waals surface area contributed by atoms with Crippen LogP contribution in [0.15, 0.2) is 60.7 Å². The van der Waals surface area contributed by atoms with Gasteiger partial charge in [-0.25, -0.2) is 0 Å². The first-order chi connectivity index (χ1) is 11.2. The lowest BCUT2D eigenvalue weighted by Crippen LogP contribution is -2.47. The Morgan fingerprint density at radius 3 is 1.70 bits per heavy atom. The molecule has 2 aromatic carbocycles. The van der Waals surface area contributed by atoms with Crippen LogP contribution in [0.1, 0.15) is 36.8 Å². The van der Waals surface area contributed by atoms with Crippen LogP contribution in [0.25, 0.3) is 0 Å². The number of aliphatic hydroxyl groups is 1. The summed E-state index contributed by atoms with van der Waals surface area (Å²) in [7, 11) is 2.25. The fourth-order valence-corrected chi connectivity index (χ4v) is 4.78. The maximum atomic E-state index is 11.9. The number of fused-ring (bicyclic) bond motifs is 2. The van der Waals surface area contributed by atoms with Crippen LogP contribution in [-0.4, -0.2) is 29.1 Å². The van der Waals surface area contributed by atoms with Crippen LogP contribution in [0.5, 0.6) is 0 Å². The van der Waals surface area contributed by atoms with Crippen molar-refractivity contribution < 1.29 is 5.11 Å². The normalized spacial score (nSPS) is 28.0. The molecule has 2 saturated heterocycles. The second-order valence-electron chi connectivity index (χ2n) is 7.22. The highest BCUT2D eigenvalue weighted by Crippen LogP contribution is 2.48. The summed E-state index contributed by atoms with van der Waals surface area (Å²) in [5, 5.41) is 11.9. The Hall–Kier alpha value is -1.64. The fourth-order valence-electron chi connectivity index (χ4n) is 4.78. The maximum absolute atomic E-state index is 11.9. The molecular formula is C21H25NO. The summed E-state index contributed by atoms with van der Waals surface area (Å²) in [5.74, 6) is 0.279. The number of rotatable bonds is 3. The minimum Gasteiger partial charge on any atom is -0.380 e. The Balaban J connectivity index is 1.78. The van der Waals surface area contributed by atoms with Crippen LogP contribution < -0.4 is 0 Å². The molecule has 0 amide bonds. The first-order valence-corrected chi connectivity index (χ1v) is 8.75. The summed E-state index contributed by atoms with van der Waals surface area (Å²) in [4.78, 5) is 2.53. The summed E-state index contributed by atoms with van der Waals surface area (Å²) in [6.45, 7) is 0. The van der Waals surface area contributed by atoms with Crippen LogP contribution in [0.4, 0.5) is 0 Å². The predicted octanol–water partition coefficient (Wildman–Crippen LogP) is 3.80. The molecule has 0 radical (unpaired) electrons. The van der Waals surface area contributed by atoms with Crippen molar-refractivity contribution in [2.75, 3.05) is 7.05 Å². The van der Waals surface area contributed by atoms with Gasteiger partial charge >= 0.3 is 0 Å². The Bertz CT molecular complexity index is 601. The molecule has 2 heterocycles. The van der Waals surface area contributed by atoms with Gasteiger partial charge < -0.3 is 10.0 Å². The average molecular weight is 307 g/mol. The molecule has 2 aliphatic heterocycles. The fraction of sp³-hybridized carbons (Fsp3) is 0.429. The molecule has 2 nitrogen and oxygen atoms in total. The molecule has 0 saturated carbocycles. The van der Waals surface area contributed by atoms with Gasteiger partial charge in [-0.1, -0.05) is 60.7 Å². The van der Waals surface area contributed by atoms with Crippen molar-refractivity contribution in [2.24, 2.45) is 5.92 Å². The predicted molar refractivity (Wildman–Crippen MR) is 93.2 cm³/mol. The standard InChI is InChI=1S/C21H25NO/c1-22-19-12-13-20(22)15-18(14-19)21(23,16-8-4-2-5-9-16)17-10-6-3-7-11-17/h2-11,18-20,23H,12-15H2,1H3. The molecule has 0 spiro atoms. The highest BCUT2D eigenvalue weighted by molar-refractivity contribution is 5.37. The highest BCUT2D eigenvalue weighted by atomic mass is 16.3. The van der Waals surface area contributed by atoms with E-state index in [2.05, 4.69) is 36.2 Å². The molecule has 4 rings (SSSR count). The number of nitrogens with zero attached hydrogens (tertiary/aromatic N) is 1. The van der Waals surface area contributed by atoms with Crippen LogP contribution in [-0.2, 0) is 5.60 Å². The molecule has 23 heavy (non-hydrogen) atoms.